The molecule has 1 heteroatoms. The van der Waals surface area contributed by atoms with Crippen molar-refractivity contribution in [3.8, 4) is 0 Å². The first-order valence-electron chi connectivity index (χ1n) is 8.08. The molecule has 0 nitrogen and oxygen atoms in total. The fraction of sp³-hybridized carbons (Fsp3) is 0.875. The molecule has 0 aromatic rings. The maximum absolute atomic E-state index is 2.62. The molecule has 0 saturated heterocycles. The van der Waals surface area contributed by atoms with Crippen molar-refractivity contribution in [1.29, 1.82) is 0 Å². The van der Waals surface area contributed by atoms with Gasteiger partial charge in [0.25, 0.3) is 0 Å². The molecule has 0 aromatic carbocycles. The van der Waals surface area contributed by atoms with Crippen LogP contribution in [0.2, 0.25) is 11.6 Å². The van der Waals surface area contributed by atoms with E-state index in [1.165, 1.54) is 70.6 Å². The summed E-state index contributed by atoms with van der Waals surface area (Å²) in [6.07, 6.45) is 21.1. The SMILES string of the molecule is CCCCCCCCCC[SiH2]C1[CH]CC[CH]C1. The Morgan fingerprint density at radius 3 is 2.29 bits per heavy atom. The quantitative estimate of drug-likeness (QED) is 0.375. The number of unbranched alkanes of at least 4 members (excludes halogenated alkanes) is 7. The van der Waals surface area contributed by atoms with Crippen molar-refractivity contribution >= 4 is 9.52 Å². The molecule has 0 spiro atoms. The zero-order chi connectivity index (χ0) is 12.2. The summed E-state index contributed by atoms with van der Waals surface area (Å²) in [5.74, 6) is 0. The van der Waals surface area contributed by atoms with E-state index in [4.69, 9.17) is 0 Å². The van der Waals surface area contributed by atoms with Crippen molar-refractivity contribution in [2.75, 3.05) is 0 Å². The summed E-state index contributed by atoms with van der Waals surface area (Å²) in [4.78, 5) is 0. The van der Waals surface area contributed by atoms with Crippen LogP contribution in [-0.4, -0.2) is 9.52 Å². The molecule has 1 rings (SSSR count). The van der Waals surface area contributed by atoms with E-state index in [0.29, 0.717) is 0 Å². The highest BCUT2D eigenvalue weighted by atomic mass is 28.2. The van der Waals surface area contributed by atoms with Crippen LogP contribution in [0.1, 0.15) is 77.6 Å². The molecule has 100 valence electrons. The minimum atomic E-state index is 0.231. The third kappa shape index (κ3) is 8.88. The molecule has 1 aliphatic carbocycles. The Labute approximate surface area is 112 Å². The zero-order valence-corrected chi connectivity index (χ0v) is 13.3. The molecule has 1 atom stereocenters. The predicted molar refractivity (Wildman–Crippen MR) is 82.2 cm³/mol. The molecule has 17 heavy (non-hydrogen) atoms. The maximum Gasteiger partial charge on any atom is 0.0235 e. The third-order valence-corrected chi connectivity index (χ3v) is 6.34. The van der Waals surface area contributed by atoms with Gasteiger partial charge in [0.2, 0.25) is 0 Å². The average Bonchev–Trinajstić information content (AvgIpc) is 2.38. The van der Waals surface area contributed by atoms with Gasteiger partial charge in [-0.2, -0.15) is 0 Å². The fourth-order valence-corrected chi connectivity index (χ4v) is 4.94. The highest BCUT2D eigenvalue weighted by Gasteiger charge is 2.13. The van der Waals surface area contributed by atoms with E-state index in [1.807, 2.05) is 0 Å². The summed E-state index contributed by atoms with van der Waals surface area (Å²) < 4.78 is 0. The number of hydrogen-bond donors (Lipinski definition) is 0. The Morgan fingerprint density at radius 2 is 1.65 bits per heavy atom. The first-order chi connectivity index (χ1) is 8.43. The molecule has 0 aliphatic heterocycles. The van der Waals surface area contributed by atoms with Crippen molar-refractivity contribution < 1.29 is 0 Å². The Balaban J connectivity index is 1.75. The van der Waals surface area contributed by atoms with Gasteiger partial charge in [0.05, 0.1) is 0 Å². The van der Waals surface area contributed by atoms with Crippen LogP contribution in [0.5, 0.6) is 0 Å². The minimum Gasteiger partial charge on any atom is -0.0654 e. The van der Waals surface area contributed by atoms with Crippen molar-refractivity contribution in [3.05, 3.63) is 12.8 Å². The lowest BCUT2D eigenvalue weighted by atomic mass is 10.0. The van der Waals surface area contributed by atoms with Crippen LogP contribution in [-0.2, 0) is 0 Å². The van der Waals surface area contributed by atoms with Gasteiger partial charge in [-0.25, -0.2) is 0 Å². The summed E-state index contributed by atoms with van der Waals surface area (Å²) in [5, 5.41) is 0. The van der Waals surface area contributed by atoms with Gasteiger partial charge in [-0.05, 0) is 37.6 Å². The van der Waals surface area contributed by atoms with Gasteiger partial charge < -0.3 is 0 Å². The molecular weight excluding hydrogens is 220 g/mol. The maximum atomic E-state index is 2.62. The second-order valence-electron chi connectivity index (χ2n) is 5.71. The van der Waals surface area contributed by atoms with Crippen LogP contribution in [0.15, 0.2) is 0 Å². The second-order valence-corrected chi connectivity index (χ2v) is 8.05. The summed E-state index contributed by atoms with van der Waals surface area (Å²) in [6, 6.07) is 1.60. The van der Waals surface area contributed by atoms with Crippen LogP contribution < -0.4 is 0 Å². The normalized spacial score (nSPS) is 18.2. The lowest BCUT2D eigenvalue weighted by molar-refractivity contribution is 0.584. The predicted octanol–water partition coefficient (Wildman–Crippen LogP) is 5.10. The van der Waals surface area contributed by atoms with Crippen LogP contribution in [0.4, 0.5) is 0 Å². The van der Waals surface area contributed by atoms with E-state index in [2.05, 4.69) is 19.8 Å². The second kappa shape index (κ2) is 11.3. The average molecular weight is 253 g/mol. The molecule has 0 heterocycles. The molecule has 0 bridgehead atoms. The van der Waals surface area contributed by atoms with E-state index in [0.717, 1.165) is 5.54 Å². The minimum absolute atomic E-state index is 0.231. The smallest absolute Gasteiger partial charge is 0.0235 e. The first-order valence-corrected chi connectivity index (χ1v) is 9.90. The van der Waals surface area contributed by atoms with Gasteiger partial charge in [-0.1, -0.05) is 64.3 Å². The number of rotatable bonds is 10. The molecule has 1 aliphatic rings. The van der Waals surface area contributed by atoms with E-state index in [1.54, 1.807) is 6.04 Å². The molecule has 1 unspecified atom stereocenters. The van der Waals surface area contributed by atoms with Crippen LogP contribution in [0, 0.1) is 12.8 Å². The highest BCUT2D eigenvalue weighted by Crippen LogP contribution is 2.27. The third-order valence-electron chi connectivity index (χ3n) is 4.02. The Morgan fingerprint density at radius 1 is 0.941 bits per heavy atom. The van der Waals surface area contributed by atoms with Gasteiger partial charge in [0.1, 0.15) is 0 Å². The Kier molecular flexibility index (Phi) is 10.2. The largest absolute Gasteiger partial charge is 0.0654 e. The van der Waals surface area contributed by atoms with Crippen LogP contribution in [0.3, 0.4) is 0 Å². The van der Waals surface area contributed by atoms with Crippen molar-refractivity contribution in [3.63, 3.8) is 0 Å². The van der Waals surface area contributed by atoms with Crippen molar-refractivity contribution in [1.82, 2.24) is 0 Å². The lowest BCUT2D eigenvalue weighted by Crippen LogP contribution is -2.08. The molecular formula is C16H32Si. The van der Waals surface area contributed by atoms with Crippen LogP contribution >= 0.6 is 0 Å². The highest BCUT2D eigenvalue weighted by molar-refractivity contribution is 6.38. The van der Waals surface area contributed by atoms with Gasteiger partial charge in [-0.3, -0.25) is 0 Å². The van der Waals surface area contributed by atoms with Gasteiger partial charge in [-0.15, -0.1) is 0 Å². The van der Waals surface area contributed by atoms with Crippen molar-refractivity contribution in [2.24, 2.45) is 0 Å². The first kappa shape index (κ1) is 15.3. The number of hydrogen-bond acceptors (Lipinski definition) is 0. The summed E-state index contributed by atoms with van der Waals surface area (Å²) in [7, 11) is 0.231. The van der Waals surface area contributed by atoms with Crippen LogP contribution in [0.25, 0.3) is 0 Å². The topological polar surface area (TPSA) is 0 Å². The molecule has 0 N–H and O–H groups in total. The molecule has 2 radical (unpaired) electrons. The van der Waals surface area contributed by atoms with Gasteiger partial charge in [0, 0.05) is 9.52 Å². The molecule has 0 amide bonds. The van der Waals surface area contributed by atoms with Gasteiger partial charge in [0.15, 0.2) is 0 Å². The molecule has 1 fully saturated rings. The summed E-state index contributed by atoms with van der Waals surface area (Å²) >= 11 is 0. The lowest BCUT2D eigenvalue weighted by Gasteiger charge is -2.20. The monoisotopic (exact) mass is 252 g/mol. The van der Waals surface area contributed by atoms with E-state index >= 15 is 0 Å². The summed E-state index contributed by atoms with van der Waals surface area (Å²) in [6.45, 7) is 2.30. The standard InChI is InChI=1S/C16H32Si/c1-2-3-4-5-6-7-8-12-15-17-16-13-10-9-11-14-16/h10,14,16H,2-9,11-13,15,17H2,1H3. The molecule has 1 saturated carbocycles. The fourth-order valence-electron chi connectivity index (χ4n) is 2.83. The Bertz CT molecular complexity index is 150. The zero-order valence-electron chi connectivity index (χ0n) is 11.9. The van der Waals surface area contributed by atoms with E-state index < -0.39 is 0 Å². The van der Waals surface area contributed by atoms with E-state index in [9.17, 15) is 0 Å². The Hall–Kier alpha value is 0.217. The van der Waals surface area contributed by atoms with Crippen molar-refractivity contribution in [2.45, 2.75) is 89.1 Å². The van der Waals surface area contributed by atoms with Gasteiger partial charge >= 0.3 is 0 Å². The molecule has 0 aromatic heterocycles. The summed E-state index contributed by atoms with van der Waals surface area (Å²) in [5.41, 5.74) is 1.06. The van der Waals surface area contributed by atoms with E-state index in [-0.39, 0.29) is 9.52 Å².